The molecule has 0 aliphatic carbocycles. The van der Waals surface area contributed by atoms with Crippen molar-refractivity contribution < 1.29 is 4.74 Å². The van der Waals surface area contributed by atoms with E-state index in [-0.39, 0.29) is 0 Å². The predicted octanol–water partition coefficient (Wildman–Crippen LogP) is 3.21. The molecular weight excluding hydrogens is 148 g/mol. The van der Waals surface area contributed by atoms with Gasteiger partial charge in [0.2, 0.25) is 0 Å². The average molecular weight is 164 g/mol. The molecule has 1 aliphatic heterocycles. The van der Waals surface area contributed by atoms with Gasteiger partial charge < -0.3 is 4.74 Å². The molecule has 1 aromatic rings. The van der Waals surface area contributed by atoms with Crippen LogP contribution in [0.1, 0.15) is 32.3 Å². The van der Waals surface area contributed by atoms with Crippen LogP contribution in [0.4, 0.5) is 0 Å². The highest BCUT2D eigenvalue weighted by molar-refractivity contribution is 5.38. The molecule has 0 bridgehead atoms. The summed E-state index contributed by atoms with van der Waals surface area (Å²) < 4.78 is 5.41. The molecule has 1 atom stereocenters. The number of rotatable bonds is 0. The normalized spacial score (nSPS) is 18.8. The predicted molar refractivity (Wildman–Crippen MR) is 51.7 cm³/mol. The van der Waals surface area contributed by atoms with Crippen molar-refractivity contribution in [2.24, 2.45) is 0 Å². The van der Waals surface area contributed by atoms with Gasteiger partial charge in [-0.15, -0.1) is 0 Å². The van der Waals surface area contributed by atoms with E-state index in [4.69, 9.17) is 4.74 Å². The van der Waals surface area contributed by atoms with E-state index >= 15 is 0 Å². The van der Waals surface area contributed by atoms with Crippen molar-refractivity contribution in [3.63, 3.8) is 0 Å². The molecule has 0 saturated heterocycles. The van der Waals surface area contributed by atoms with Gasteiger partial charge in [-0.2, -0.15) is 0 Å². The molecule has 66 valence electrons. The molecule has 0 N–H and O–H groups in total. The lowest BCUT2D eigenvalue weighted by molar-refractivity contribution is 0.337. The van der Waals surface area contributed by atoms with E-state index in [0.717, 1.165) is 12.4 Å². The molecule has 0 aromatic heterocycles. The van der Waals surface area contributed by atoms with E-state index in [1.165, 1.54) is 5.56 Å². The van der Waals surface area contributed by atoms with E-state index in [2.05, 4.69) is 19.1 Å². The molecule has 1 heteroatoms. The van der Waals surface area contributed by atoms with Crippen molar-refractivity contribution >= 4 is 0 Å². The molecular formula is C11H16O. The maximum atomic E-state index is 5.41. The van der Waals surface area contributed by atoms with Crippen molar-refractivity contribution in [3.8, 4) is 5.75 Å². The molecule has 0 spiro atoms. The lowest BCUT2D eigenvalue weighted by Crippen LogP contribution is -1.93. The number of para-hydroxylation sites is 1. The fraction of sp³-hybridized carbons (Fsp3) is 0.455. The quantitative estimate of drug-likeness (QED) is 0.572. The van der Waals surface area contributed by atoms with E-state index in [1.807, 2.05) is 26.0 Å². The number of ether oxygens (including phenoxy) is 1. The Kier molecular flexibility index (Phi) is 3.15. The van der Waals surface area contributed by atoms with Gasteiger partial charge in [0.1, 0.15) is 5.75 Å². The SMILES string of the molecule is CC.CC1COc2ccccc21. The first kappa shape index (κ1) is 9.11. The second kappa shape index (κ2) is 4.15. The van der Waals surface area contributed by atoms with Crippen LogP contribution in [0.15, 0.2) is 24.3 Å². The second-order valence-electron chi connectivity index (χ2n) is 2.75. The number of fused-ring (bicyclic) bond motifs is 1. The van der Waals surface area contributed by atoms with Crippen molar-refractivity contribution in [2.45, 2.75) is 26.7 Å². The molecule has 1 aromatic carbocycles. The summed E-state index contributed by atoms with van der Waals surface area (Å²) in [5.74, 6) is 1.64. The summed E-state index contributed by atoms with van der Waals surface area (Å²) in [5.41, 5.74) is 1.35. The minimum Gasteiger partial charge on any atom is -0.493 e. The zero-order valence-electron chi connectivity index (χ0n) is 8.00. The molecule has 12 heavy (non-hydrogen) atoms. The summed E-state index contributed by atoms with van der Waals surface area (Å²) in [6.45, 7) is 7.03. The third-order valence-electron chi connectivity index (χ3n) is 1.94. The Hall–Kier alpha value is -0.980. The molecule has 0 amide bonds. The summed E-state index contributed by atoms with van der Waals surface area (Å²) in [4.78, 5) is 0. The number of hydrogen-bond donors (Lipinski definition) is 0. The lowest BCUT2D eigenvalue weighted by atomic mass is 10.0. The molecule has 2 rings (SSSR count). The second-order valence-corrected chi connectivity index (χ2v) is 2.75. The van der Waals surface area contributed by atoms with Crippen LogP contribution in [0.3, 0.4) is 0 Å². The Labute approximate surface area is 74.4 Å². The topological polar surface area (TPSA) is 9.23 Å². The molecule has 0 radical (unpaired) electrons. The largest absolute Gasteiger partial charge is 0.493 e. The van der Waals surface area contributed by atoms with Gasteiger partial charge in [-0.3, -0.25) is 0 Å². The standard InChI is InChI=1S/C9H10O.C2H6/c1-7-6-10-9-5-3-2-4-8(7)9;1-2/h2-5,7H,6H2,1H3;1-2H3. The van der Waals surface area contributed by atoms with Crippen LogP contribution in [-0.2, 0) is 0 Å². The summed E-state index contributed by atoms with van der Waals surface area (Å²) in [6.07, 6.45) is 0. The Bertz CT molecular complexity index is 243. The minimum absolute atomic E-state index is 0.580. The number of hydrogen-bond acceptors (Lipinski definition) is 1. The van der Waals surface area contributed by atoms with Crippen LogP contribution in [0.5, 0.6) is 5.75 Å². The fourth-order valence-corrected chi connectivity index (χ4v) is 1.32. The van der Waals surface area contributed by atoms with Crippen molar-refractivity contribution in [1.82, 2.24) is 0 Å². The molecule has 1 heterocycles. The van der Waals surface area contributed by atoms with Crippen molar-refractivity contribution in [2.75, 3.05) is 6.61 Å². The maximum Gasteiger partial charge on any atom is 0.122 e. The Morgan fingerprint density at radius 2 is 1.92 bits per heavy atom. The van der Waals surface area contributed by atoms with Gasteiger partial charge in [0.25, 0.3) is 0 Å². The summed E-state index contributed by atoms with van der Waals surface area (Å²) >= 11 is 0. The van der Waals surface area contributed by atoms with Gasteiger partial charge in [0.05, 0.1) is 6.61 Å². The van der Waals surface area contributed by atoms with E-state index in [0.29, 0.717) is 5.92 Å². The average Bonchev–Trinajstić information content (AvgIpc) is 2.53. The smallest absolute Gasteiger partial charge is 0.122 e. The van der Waals surface area contributed by atoms with Gasteiger partial charge in [-0.1, -0.05) is 39.0 Å². The Morgan fingerprint density at radius 3 is 2.58 bits per heavy atom. The summed E-state index contributed by atoms with van der Waals surface area (Å²) in [5, 5.41) is 0. The summed E-state index contributed by atoms with van der Waals surface area (Å²) in [7, 11) is 0. The van der Waals surface area contributed by atoms with Gasteiger partial charge in [0.15, 0.2) is 0 Å². The fourth-order valence-electron chi connectivity index (χ4n) is 1.32. The first-order chi connectivity index (χ1) is 5.88. The van der Waals surface area contributed by atoms with E-state index in [9.17, 15) is 0 Å². The third-order valence-corrected chi connectivity index (χ3v) is 1.94. The van der Waals surface area contributed by atoms with E-state index in [1.54, 1.807) is 0 Å². The highest BCUT2D eigenvalue weighted by atomic mass is 16.5. The molecule has 1 unspecified atom stereocenters. The molecule has 1 nitrogen and oxygen atoms in total. The zero-order valence-corrected chi connectivity index (χ0v) is 8.00. The van der Waals surface area contributed by atoms with Crippen molar-refractivity contribution in [3.05, 3.63) is 29.8 Å². The van der Waals surface area contributed by atoms with Gasteiger partial charge in [0, 0.05) is 11.5 Å². The number of benzene rings is 1. The zero-order chi connectivity index (χ0) is 8.97. The first-order valence-electron chi connectivity index (χ1n) is 4.59. The third kappa shape index (κ3) is 1.60. The molecule has 0 saturated carbocycles. The molecule has 0 fully saturated rings. The van der Waals surface area contributed by atoms with Crippen LogP contribution in [-0.4, -0.2) is 6.61 Å². The van der Waals surface area contributed by atoms with Crippen LogP contribution in [0.25, 0.3) is 0 Å². The maximum absolute atomic E-state index is 5.41. The van der Waals surface area contributed by atoms with E-state index < -0.39 is 0 Å². The highest BCUT2D eigenvalue weighted by Crippen LogP contribution is 2.32. The monoisotopic (exact) mass is 164 g/mol. The van der Waals surface area contributed by atoms with Crippen LogP contribution < -0.4 is 4.74 Å². The Morgan fingerprint density at radius 1 is 1.25 bits per heavy atom. The highest BCUT2D eigenvalue weighted by Gasteiger charge is 2.17. The minimum atomic E-state index is 0.580. The van der Waals surface area contributed by atoms with Crippen LogP contribution in [0.2, 0.25) is 0 Å². The molecule has 1 aliphatic rings. The van der Waals surface area contributed by atoms with Gasteiger partial charge in [-0.05, 0) is 6.07 Å². The summed E-state index contributed by atoms with van der Waals surface area (Å²) in [6, 6.07) is 8.23. The van der Waals surface area contributed by atoms with Gasteiger partial charge >= 0.3 is 0 Å². The van der Waals surface area contributed by atoms with Crippen LogP contribution >= 0.6 is 0 Å². The van der Waals surface area contributed by atoms with Gasteiger partial charge in [-0.25, -0.2) is 0 Å². The first-order valence-corrected chi connectivity index (χ1v) is 4.59. The van der Waals surface area contributed by atoms with Crippen molar-refractivity contribution in [1.29, 1.82) is 0 Å². The Balaban J connectivity index is 0.000000336. The van der Waals surface area contributed by atoms with Crippen LogP contribution in [0, 0.1) is 0 Å². The lowest BCUT2D eigenvalue weighted by Gasteiger charge is -1.96.